The highest BCUT2D eigenvalue weighted by Gasteiger charge is 2.36. The first-order chi connectivity index (χ1) is 23.0. The number of sulfonamides is 1. The van der Waals surface area contributed by atoms with Crippen LogP contribution >= 0.6 is 0 Å². The van der Waals surface area contributed by atoms with Gasteiger partial charge in [-0.3, -0.25) is 13.9 Å². The maximum atomic E-state index is 15.2. The number of halogens is 1. The third kappa shape index (κ3) is 8.69. The summed E-state index contributed by atoms with van der Waals surface area (Å²) in [6, 6.07) is 26.3. The van der Waals surface area contributed by atoms with Gasteiger partial charge in [0, 0.05) is 24.6 Å². The number of carbonyl (C=O) groups is 2. The van der Waals surface area contributed by atoms with E-state index in [-0.39, 0.29) is 35.4 Å². The first-order valence-corrected chi connectivity index (χ1v) is 18.0. The van der Waals surface area contributed by atoms with E-state index in [1.54, 1.807) is 42.5 Å². The average molecular weight is 670 g/mol. The lowest BCUT2D eigenvalue weighted by Gasteiger charge is -2.35. The van der Waals surface area contributed by atoms with E-state index < -0.39 is 34.3 Å². The van der Waals surface area contributed by atoms with Gasteiger partial charge in [-0.1, -0.05) is 91.6 Å². The highest BCUT2D eigenvalue weighted by Crippen LogP contribution is 2.28. The second kappa shape index (κ2) is 15.6. The monoisotopic (exact) mass is 669 g/mol. The van der Waals surface area contributed by atoms with Gasteiger partial charge < -0.3 is 10.2 Å². The van der Waals surface area contributed by atoms with Gasteiger partial charge in [0.1, 0.15) is 18.4 Å². The van der Waals surface area contributed by atoms with Gasteiger partial charge in [-0.25, -0.2) is 12.8 Å². The molecule has 1 fully saturated rings. The third-order valence-electron chi connectivity index (χ3n) is 8.90. The molecule has 252 valence electrons. The van der Waals surface area contributed by atoms with Crippen molar-refractivity contribution in [1.82, 2.24) is 10.2 Å². The van der Waals surface area contributed by atoms with Gasteiger partial charge in [-0.15, -0.1) is 0 Å². The van der Waals surface area contributed by atoms with Crippen molar-refractivity contribution in [3.05, 3.63) is 131 Å². The summed E-state index contributed by atoms with van der Waals surface area (Å²) in [6.07, 6.45) is 5.00. The smallest absolute Gasteiger partial charge is 0.264 e. The molecule has 4 aromatic rings. The molecule has 0 heterocycles. The molecule has 7 nitrogen and oxygen atoms in total. The van der Waals surface area contributed by atoms with Crippen LogP contribution in [0.15, 0.2) is 102 Å². The fourth-order valence-electron chi connectivity index (χ4n) is 6.37. The highest BCUT2D eigenvalue weighted by molar-refractivity contribution is 7.92. The van der Waals surface area contributed by atoms with E-state index >= 15 is 4.39 Å². The molecule has 1 saturated carbocycles. The number of rotatable bonds is 12. The second-order valence-corrected chi connectivity index (χ2v) is 14.7. The van der Waals surface area contributed by atoms with Crippen LogP contribution in [0.3, 0.4) is 0 Å². The van der Waals surface area contributed by atoms with Crippen molar-refractivity contribution in [2.75, 3.05) is 10.8 Å². The molecule has 1 atom stereocenters. The lowest BCUT2D eigenvalue weighted by atomic mass is 9.94. The zero-order valence-electron chi connectivity index (χ0n) is 27.9. The maximum Gasteiger partial charge on any atom is 0.264 e. The Morgan fingerprint density at radius 2 is 1.44 bits per heavy atom. The summed E-state index contributed by atoms with van der Waals surface area (Å²) in [5.41, 5.74) is 3.95. The van der Waals surface area contributed by atoms with E-state index in [2.05, 4.69) is 5.32 Å². The van der Waals surface area contributed by atoms with E-state index in [0.29, 0.717) is 5.69 Å². The van der Waals surface area contributed by atoms with Gasteiger partial charge in [-0.2, -0.15) is 0 Å². The number of benzene rings is 4. The number of hydrogen-bond acceptors (Lipinski definition) is 4. The largest absolute Gasteiger partial charge is 0.352 e. The zero-order valence-corrected chi connectivity index (χ0v) is 28.7. The third-order valence-corrected chi connectivity index (χ3v) is 10.7. The van der Waals surface area contributed by atoms with Crippen LogP contribution in [-0.2, 0) is 32.6 Å². The number of carbonyl (C=O) groups excluding carboxylic acids is 2. The number of aryl methyl sites for hydroxylation is 3. The van der Waals surface area contributed by atoms with Gasteiger partial charge >= 0.3 is 0 Å². The van der Waals surface area contributed by atoms with Crippen molar-refractivity contribution in [2.24, 2.45) is 0 Å². The van der Waals surface area contributed by atoms with Crippen LogP contribution in [0.5, 0.6) is 0 Å². The van der Waals surface area contributed by atoms with Crippen LogP contribution < -0.4 is 9.62 Å². The first-order valence-electron chi connectivity index (χ1n) is 16.6. The zero-order chi connectivity index (χ0) is 34.3. The van der Waals surface area contributed by atoms with E-state index in [0.717, 1.165) is 58.7 Å². The van der Waals surface area contributed by atoms with Crippen LogP contribution in [0.25, 0.3) is 0 Å². The molecule has 0 spiro atoms. The number of nitrogens with one attached hydrogen (secondary N) is 1. The second-order valence-electron chi connectivity index (χ2n) is 12.8. The molecule has 0 aliphatic heterocycles. The molecule has 4 aromatic carbocycles. The molecule has 0 bridgehead atoms. The number of nitrogens with zero attached hydrogens (tertiary/aromatic N) is 2. The molecule has 1 aliphatic carbocycles. The molecule has 0 aromatic heterocycles. The van der Waals surface area contributed by atoms with E-state index in [9.17, 15) is 18.0 Å². The summed E-state index contributed by atoms with van der Waals surface area (Å²) < 4.78 is 44.9. The Morgan fingerprint density at radius 3 is 2.08 bits per heavy atom. The predicted molar refractivity (Wildman–Crippen MR) is 188 cm³/mol. The Kier molecular flexibility index (Phi) is 11.3. The Balaban J connectivity index is 1.59. The van der Waals surface area contributed by atoms with Crippen molar-refractivity contribution in [2.45, 2.75) is 82.8 Å². The molecule has 5 rings (SSSR count). The lowest BCUT2D eigenvalue weighted by molar-refractivity contribution is -0.140. The minimum absolute atomic E-state index is 0.0244. The highest BCUT2D eigenvalue weighted by atomic mass is 32.2. The van der Waals surface area contributed by atoms with Crippen molar-refractivity contribution in [3.8, 4) is 0 Å². The topological polar surface area (TPSA) is 86.8 Å². The molecule has 0 saturated heterocycles. The molecule has 0 radical (unpaired) electrons. The van der Waals surface area contributed by atoms with Gasteiger partial charge in [0.05, 0.1) is 10.6 Å². The normalized spacial score (nSPS) is 14.2. The van der Waals surface area contributed by atoms with Crippen molar-refractivity contribution >= 4 is 27.5 Å². The molecular formula is C39H44FN3O4S. The number of hydrogen-bond donors (Lipinski definition) is 1. The van der Waals surface area contributed by atoms with Crippen molar-refractivity contribution in [3.63, 3.8) is 0 Å². The Hall–Kier alpha value is -4.50. The summed E-state index contributed by atoms with van der Waals surface area (Å²) in [7, 11) is -4.23. The Labute approximate surface area is 283 Å². The molecule has 48 heavy (non-hydrogen) atoms. The van der Waals surface area contributed by atoms with Crippen LogP contribution in [0.1, 0.15) is 59.9 Å². The van der Waals surface area contributed by atoms with Crippen LogP contribution in [0, 0.1) is 26.6 Å². The molecule has 1 unspecified atom stereocenters. The average Bonchev–Trinajstić information content (AvgIpc) is 3.06. The van der Waals surface area contributed by atoms with Crippen LogP contribution in [0.2, 0.25) is 0 Å². The Bertz CT molecular complexity index is 1800. The lowest BCUT2D eigenvalue weighted by Crippen LogP contribution is -2.55. The van der Waals surface area contributed by atoms with Gasteiger partial charge in [0.25, 0.3) is 10.0 Å². The fraction of sp³-hybridized carbons (Fsp3) is 0.333. The number of anilines is 1. The van der Waals surface area contributed by atoms with Crippen molar-refractivity contribution in [1.29, 1.82) is 0 Å². The summed E-state index contributed by atoms with van der Waals surface area (Å²) in [5.74, 6) is -1.47. The molecule has 9 heteroatoms. The predicted octanol–water partition coefficient (Wildman–Crippen LogP) is 7.04. The van der Waals surface area contributed by atoms with Crippen molar-refractivity contribution < 1.29 is 22.4 Å². The minimum atomic E-state index is -4.23. The summed E-state index contributed by atoms with van der Waals surface area (Å²) >= 11 is 0. The first kappa shape index (κ1) is 34.8. The number of amides is 2. The maximum absolute atomic E-state index is 15.2. The van der Waals surface area contributed by atoms with E-state index in [1.165, 1.54) is 23.1 Å². The SMILES string of the molecule is Cc1ccc(S(=O)(=O)N(CC(=O)N(Cc2ccccc2F)C(Cc2ccccc2)C(=O)NC2CCCCC2)c2cc(C)cc(C)c2)cc1. The quantitative estimate of drug-likeness (QED) is 0.176. The van der Waals surface area contributed by atoms with E-state index in [4.69, 9.17) is 0 Å². The summed E-state index contributed by atoms with van der Waals surface area (Å²) in [5, 5.41) is 3.18. The summed E-state index contributed by atoms with van der Waals surface area (Å²) in [4.78, 5) is 30.3. The Morgan fingerprint density at radius 1 is 0.812 bits per heavy atom. The fourth-order valence-corrected chi connectivity index (χ4v) is 7.77. The minimum Gasteiger partial charge on any atom is -0.352 e. The molecule has 2 amide bonds. The molecule has 1 aliphatic rings. The van der Waals surface area contributed by atoms with E-state index in [1.807, 2.05) is 57.2 Å². The van der Waals surface area contributed by atoms with Gasteiger partial charge in [0.15, 0.2) is 0 Å². The van der Waals surface area contributed by atoms with Gasteiger partial charge in [-0.05, 0) is 80.6 Å². The summed E-state index contributed by atoms with van der Waals surface area (Å²) in [6.45, 7) is 4.80. The van der Waals surface area contributed by atoms with Crippen LogP contribution in [0.4, 0.5) is 10.1 Å². The molecular weight excluding hydrogens is 626 g/mol. The standard InChI is InChI=1S/C39H44FN3O4S/c1-28-18-20-35(21-19-28)48(46,47)43(34-23-29(2)22-30(3)24-34)27-38(44)42(26-32-14-10-11-17-36(32)40)37(25-31-12-6-4-7-13-31)39(45)41-33-15-8-5-9-16-33/h4,6-7,10-14,17-24,33,37H,5,8-9,15-16,25-27H2,1-3H3,(H,41,45). The van der Waals surface area contributed by atoms with Crippen LogP contribution in [-0.4, -0.2) is 43.8 Å². The molecule has 1 N–H and O–H groups in total. The van der Waals surface area contributed by atoms with Gasteiger partial charge in [0.2, 0.25) is 11.8 Å².